The Kier molecular flexibility index (Phi) is 9.93. The molecular weight excluding hydrogens is 368 g/mol. The molecule has 3 N–H and O–H groups in total. The number of nitrogens with two attached hydrogens (primary N) is 1. The van der Waals surface area contributed by atoms with Gasteiger partial charge in [0.25, 0.3) is 0 Å². The molecule has 0 aliphatic heterocycles. The molecule has 0 aliphatic carbocycles. The van der Waals surface area contributed by atoms with Gasteiger partial charge >= 0.3 is 0 Å². The van der Waals surface area contributed by atoms with E-state index in [0.717, 1.165) is 0 Å². The molecule has 1 amide bonds. The maximum atomic E-state index is 12.1. The van der Waals surface area contributed by atoms with E-state index in [2.05, 4.69) is 5.32 Å². The quantitative estimate of drug-likeness (QED) is 0.604. The molecule has 0 unspecified atom stereocenters. The normalized spacial score (nSPS) is 9.85. The number of hydrogen-bond acceptors (Lipinski definition) is 5. The highest BCUT2D eigenvalue weighted by molar-refractivity contribution is 5.96. The van der Waals surface area contributed by atoms with Gasteiger partial charge in [-0.3, -0.25) is 9.59 Å². The summed E-state index contributed by atoms with van der Waals surface area (Å²) in [5.41, 5.74) is 6.69. The second-order valence-corrected chi connectivity index (χ2v) is 5.71. The Labute approximate surface area is 165 Å². The zero-order chi connectivity index (χ0) is 18.8. The highest BCUT2D eigenvalue weighted by atomic mass is 35.5. The van der Waals surface area contributed by atoms with Crippen LogP contribution < -0.4 is 20.5 Å². The minimum atomic E-state index is -0.122. The number of Topliss-reactive ketones (excluding diaryl/α,β-unsaturated/α-hetero) is 1. The van der Waals surface area contributed by atoms with Crippen LogP contribution in [0.2, 0.25) is 0 Å². The van der Waals surface area contributed by atoms with E-state index in [1.165, 1.54) is 0 Å². The van der Waals surface area contributed by atoms with E-state index in [1.54, 1.807) is 55.6 Å². The van der Waals surface area contributed by atoms with E-state index in [1.807, 2.05) is 0 Å². The molecule has 0 heterocycles. The largest absolute Gasteiger partial charge is 0.497 e. The first kappa shape index (κ1) is 22.5. The molecule has 0 saturated heterocycles. The third kappa shape index (κ3) is 7.68. The SMILES string of the molecule is COc1ccc(C(=O)CCCC(=O)Nc2ccc(OCCN)cc2)cc1.Cl. The number of amides is 1. The lowest BCUT2D eigenvalue weighted by Crippen LogP contribution is -2.12. The summed E-state index contributed by atoms with van der Waals surface area (Å²) in [5.74, 6) is 1.31. The van der Waals surface area contributed by atoms with Crippen molar-refractivity contribution < 1.29 is 19.1 Å². The standard InChI is InChI=1S/C20H24N2O4.ClH/c1-25-17-9-5-15(6-10-17)19(23)3-2-4-20(24)22-16-7-11-18(12-8-16)26-14-13-21;/h5-12H,2-4,13-14,21H2,1H3,(H,22,24);1H. The lowest BCUT2D eigenvalue weighted by molar-refractivity contribution is -0.116. The van der Waals surface area contributed by atoms with Crippen molar-refractivity contribution in [3.05, 3.63) is 54.1 Å². The summed E-state index contributed by atoms with van der Waals surface area (Å²) in [6, 6.07) is 14.1. The van der Waals surface area contributed by atoms with Crippen molar-refractivity contribution in [3.8, 4) is 11.5 Å². The van der Waals surface area contributed by atoms with Crippen LogP contribution in [0.25, 0.3) is 0 Å². The average Bonchev–Trinajstić information content (AvgIpc) is 2.67. The summed E-state index contributed by atoms with van der Waals surface area (Å²) in [6.07, 6.45) is 1.10. The zero-order valence-corrected chi connectivity index (χ0v) is 16.1. The number of carbonyl (C=O) groups excluding carboxylic acids is 2. The molecule has 2 aromatic rings. The first-order valence-electron chi connectivity index (χ1n) is 8.52. The van der Waals surface area contributed by atoms with Gasteiger partial charge in [-0.25, -0.2) is 0 Å². The van der Waals surface area contributed by atoms with Gasteiger partial charge in [-0.2, -0.15) is 0 Å². The van der Waals surface area contributed by atoms with Crippen molar-refractivity contribution in [2.75, 3.05) is 25.6 Å². The van der Waals surface area contributed by atoms with Gasteiger partial charge in [0, 0.05) is 30.6 Å². The number of methoxy groups -OCH3 is 1. The van der Waals surface area contributed by atoms with E-state index in [9.17, 15) is 9.59 Å². The van der Waals surface area contributed by atoms with E-state index in [0.29, 0.717) is 48.7 Å². The van der Waals surface area contributed by atoms with Gasteiger partial charge in [0.1, 0.15) is 18.1 Å². The first-order valence-corrected chi connectivity index (χ1v) is 8.52. The van der Waals surface area contributed by atoms with Crippen molar-refractivity contribution in [2.24, 2.45) is 5.73 Å². The van der Waals surface area contributed by atoms with Crippen molar-refractivity contribution in [3.63, 3.8) is 0 Å². The Bertz CT molecular complexity index is 718. The molecule has 0 aliphatic rings. The summed E-state index contributed by atoms with van der Waals surface area (Å²) in [6.45, 7) is 0.904. The van der Waals surface area contributed by atoms with E-state index < -0.39 is 0 Å². The molecular formula is C20H25ClN2O4. The van der Waals surface area contributed by atoms with Crippen LogP contribution in [-0.2, 0) is 4.79 Å². The highest BCUT2D eigenvalue weighted by Crippen LogP contribution is 2.17. The predicted molar refractivity (Wildman–Crippen MR) is 108 cm³/mol. The molecule has 2 aromatic carbocycles. The van der Waals surface area contributed by atoms with Gasteiger partial charge in [0.05, 0.1) is 7.11 Å². The van der Waals surface area contributed by atoms with E-state index >= 15 is 0 Å². The molecule has 0 fully saturated rings. The first-order chi connectivity index (χ1) is 12.6. The fourth-order valence-corrected chi connectivity index (χ4v) is 2.37. The number of ether oxygens (including phenoxy) is 2. The second-order valence-electron chi connectivity index (χ2n) is 5.71. The Morgan fingerprint density at radius 3 is 2.19 bits per heavy atom. The fraction of sp³-hybridized carbons (Fsp3) is 0.300. The van der Waals surface area contributed by atoms with Gasteiger partial charge in [-0.05, 0) is 55.0 Å². The molecule has 0 radical (unpaired) electrons. The Morgan fingerprint density at radius 1 is 0.963 bits per heavy atom. The Morgan fingerprint density at radius 2 is 1.59 bits per heavy atom. The summed E-state index contributed by atoms with van der Waals surface area (Å²) >= 11 is 0. The highest BCUT2D eigenvalue weighted by Gasteiger charge is 2.08. The smallest absolute Gasteiger partial charge is 0.224 e. The van der Waals surface area contributed by atoms with Gasteiger partial charge < -0.3 is 20.5 Å². The Hall–Kier alpha value is -2.57. The van der Waals surface area contributed by atoms with Crippen LogP contribution in [-0.4, -0.2) is 32.0 Å². The average molecular weight is 393 g/mol. The maximum Gasteiger partial charge on any atom is 0.224 e. The van der Waals surface area contributed by atoms with Crippen molar-refractivity contribution in [1.29, 1.82) is 0 Å². The van der Waals surface area contributed by atoms with E-state index in [4.69, 9.17) is 15.2 Å². The molecule has 6 nitrogen and oxygen atoms in total. The molecule has 0 saturated carbocycles. The molecule has 0 bridgehead atoms. The number of ketones is 1. The lowest BCUT2D eigenvalue weighted by Gasteiger charge is -2.08. The topological polar surface area (TPSA) is 90.7 Å². The van der Waals surface area contributed by atoms with Gasteiger partial charge in [-0.15, -0.1) is 12.4 Å². The van der Waals surface area contributed by atoms with Crippen LogP contribution in [0.5, 0.6) is 11.5 Å². The van der Waals surface area contributed by atoms with Crippen LogP contribution in [0.15, 0.2) is 48.5 Å². The van der Waals surface area contributed by atoms with E-state index in [-0.39, 0.29) is 30.5 Å². The van der Waals surface area contributed by atoms with Crippen molar-refractivity contribution in [2.45, 2.75) is 19.3 Å². The van der Waals surface area contributed by atoms with Crippen LogP contribution in [0.3, 0.4) is 0 Å². The maximum absolute atomic E-state index is 12.1. The van der Waals surface area contributed by atoms with Crippen LogP contribution in [0.4, 0.5) is 5.69 Å². The molecule has 7 heteroatoms. The van der Waals surface area contributed by atoms with Gasteiger partial charge in [0.15, 0.2) is 5.78 Å². The van der Waals surface area contributed by atoms with Crippen molar-refractivity contribution in [1.82, 2.24) is 0 Å². The summed E-state index contributed by atoms with van der Waals surface area (Å²) in [7, 11) is 1.58. The number of rotatable bonds is 10. The summed E-state index contributed by atoms with van der Waals surface area (Å²) < 4.78 is 10.4. The number of anilines is 1. The fourth-order valence-electron chi connectivity index (χ4n) is 2.37. The molecule has 0 atom stereocenters. The van der Waals surface area contributed by atoms with Crippen LogP contribution >= 0.6 is 12.4 Å². The number of halogens is 1. The molecule has 0 aromatic heterocycles. The third-order valence-corrected chi connectivity index (χ3v) is 3.74. The number of carbonyl (C=O) groups is 2. The summed E-state index contributed by atoms with van der Waals surface area (Å²) in [5, 5.41) is 2.81. The minimum absolute atomic E-state index is 0. The number of hydrogen-bond donors (Lipinski definition) is 2. The molecule has 0 spiro atoms. The lowest BCUT2D eigenvalue weighted by atomic mass is 10.1. The molecule has 27 heavy (non-hydrogen) atoms. The second kappa shape index (κ2) is 11.9. The molecule has 2 rings (SSSR count). The minimum Gasteiger partial charge on any atom is -0.497 e. The van der Waals surface area contributed by atoms with Crippen LogP contribution in [0.1, 0.15) is 29.6 Å². The van der Waals surface area contributed by atoms with Gasteiger partial charge in [0.2, 0.25) is 5.91 Å². The Balaban J connectivity index is 0.00000364. The number of nitrogens with one attached hydrogen (secondary N) is 1. The summed E-state index contributed by atoms with van der Waals surface area (Å²) in [4.78, 5) is 24.1. The number of benzene rings is 2. The van der Waals surface area contributed by atoms with Gasteiger partial charge in [-0.1, -0.05) is 0 Å². The monoisotopic (exact) mass is 392 g/mol. The zero-order valence-electron chi connectivity index (χ0n) is 15.3. The van der Waals surface area contributed by atoms with Crippen LogP contribution in [0, 0.1) is 0 Å². The van der Waals surface area contributed by atoms with Crippen molar-refractivity contribution >= 4 is 29.8 Å². The predicted octanol–water partition coefficient (Wildman–Crippen LogP) is 3.45. The molecule has 146 valence electrons. The third-order valence-electron chi connectivity index (χ3n) is 3.74.